The smallest absolute Gasteiger partial charge is 0.305 e. The van der Waals surface area contributed by atoms with Gasteiger partial charge in [-0.25, -0.2) is 0 Å². The van der Waals surface area contributed by atoms with Gasteiger partial charge in [0.1, 0.15) is 0 Å². The summed E-state index contributed by atoms with van der Waals surface area (Å²) in [6.07, 6.45) is 3.83. The van der Waals surface area contributed by atoms with Gasteiger partial charge in [0.2, 0.25) is 0 Å². The van der Waals surface area contributed by atoms with Gasteiger partial charge in [-0.15, -0.1) is 0 Å². The third-order valence-electron chi connectivity index (χ3n) is 2.64. The quantitative estimate of drug-likeness (QED) is 0.674. The first kappa shape index (κ1) is 10.5. The summed E-state index contributed by atoms with van der Waals surface area (Å²) < 4.78 is 4.88. The molecule has 0 aromatic carbocycles. The van der Waals surface area contributed by atoms with Crippen LogP contribution in [0.25, 0.3) is 0 Å². The van der Waals surface area contributed by atoms with Crippen LogP contribution in [0.15, 0.2) is 0 Å². The Labute approximate surface area is 79.8 Å². The summed E-state index contributed by atoms with van der Waals surface area (Å²) in [5.74, 6) is -0.0718. The first-order valence-electron chi connectivity index (χ1n) is 5.07. The van der Waals surface area contributed by atoms with Crippen molar-refractivity contribution in [3.05, 3.63) is 0 Å². The maximum absolute atomic E-state index is 11.1. The maximum atomic E-state index is 11.1. The lowest BCUT2D eigenvalue weighted by Gasteiger charge is -2.23. The van der Waals surface area contributed by atoms with Crippen LogP contribution in [0, 0.1) is 0 Å². The predicted molar refractivity (Wildman–Crippen MR) is 51.5 cm³/mol. The first-order valence-corrected chi connectivity index (χ1v) is 5.07. The van der Waals surface area contributed by atoms with E-state index in [1.165, 1.54) is 12.8 Å². The zero-order valence-electron chi connectivity index (χ0n) is 8.56. The molecule has 13 heavy (non-hydrogen) atoms. The molecule has 1 rings (SSSR count). The summed E-state index contributed by atoms with van der Waals surface area (Å²) in [6, 6.07) is 0. The molecule has 0 unspecified atom stereocenters. The average Bonchev–Trinajstić information content (AvgIpc) is 2.51. The molecule has 1 saturated heterocycles. The molecule has 76 valence electrons. The second kappa shape index (κ2) is 4.61. The second-order valence-electron chi connectivity index (χ2n) is 3.90. The summed E-state index contributed by atoms with van der Waals surface area (Å²) in [4.78, 5) is 11.1. The molecule has 0 spiro atoms. The molecular formula is C10H19NO2. The molecule has 1 aliphatic heterocycles. The number of esters is 1. The van der Waals surface area contributed by atoms with Crippen LogP contribution >= 0.6 is 0 Å². The Morgan fingerprint density at radius 1 is 1.62 bits per heavy atom. The lowest BCUT2D eigenvalue weighted by atomic mass is 9.94. The summed E-state index contributed by atoms with van der Waals surface area (Å²) in [6.45, 7) is 5.59. The van der Waals surface area contributed by atoms with E-state index >= 15 is 0 Å². The van der Waals surface area contributed by atoms with Crippen LogP contribution in [0.5, 0.6) is 0 Å². The fourth-order valence-electron chi connectivity index (χ4n) is 1.78. The van der Waals surface area contributed by atoms with Crippen molar-refractivity contribution in [2.24, 2.45) is 0 Å². The lowest BCUT2D eigenvalue weighted by Crippen LogP contribution is -2.36. The van der Waals surface area contributed by atoms with Gasteiger partial charge in [-0.2, -0.15) is 0 Å². The van der Waals surface area contributed by atoms with E-state index in [0.29, 0.717) is 13.0 Å². The van der Waals surface area contributed by atoms with Crippen molar-refractivity contribution in [1.29, 1.82) is 0 Å². The van der Waals surface area contributed by atoms with Crippen LogP contribution in [-0.4, -0.2) is 24.7 Å². The number of hydrogen-bond donors (Lipinski definition) is 1. The Balaban J connectivity index is 2.21. The van der Waals surface area contributed by atoms with E-state index < -0.39 is 0 Å². The van der Waals surface area contributed by atoms with E-state index in [2.05, 4.69) is 12.2 Å². The lowest BCUT2D eigenvalue weighted by molar-refractivity contribution is -0.143. The fourth-order valence-corrected chi connectivity index (χ4v) is 1.78. The van der Waals surface area contributed by atoms with Crippen LogP contribution in [0.3, 0.4) is 0 Å². The molecule has 0 aromatic heterocycles. The van der Waals surface area contributed by atoms with Gasteiger partial charge in [0.25, 0.3) is 0 Å². The highest BCUT2D eigenvalue weighted by Crippen LogP contribution is 2.23. The van der Waals surface area contributed by atoms with Gasteiger partial charge in [0, 0.05) is 12.0 Å². The van der Waals surface area contributed by atoms with Gasteiger partial charge in [0.15, 0.2) is 0 Å². The monoisotopic (exact) mass is 185 g/mol. The van der Waals surface area contributed by atoms with Gasteiger partial charge >= 0.3 is 5.97 Å². The van der Waals surface area contributed by atoms with Gasteiger partial charge in [-0.1, -0.05) is 0 Å². The summed E-state index contributed by atoms with van der Waals surface area (Å²) in [5.41, 5.74) is 0.173. The normalized spacial score (nSPS) is 27.5. The molecule has 3 heteroatoms. The SMILES string of the molecule is CCOC(=O)CC[C@]1(C)CCCN1. The van der Waals surface area contributed by atoms with Gasteiger partial charge in [-0.3, -0.25) is 4.79 Å². The highest BCUT2D eigenvalue weighted by Gasteiger charge is 2.28. The van der Waals surface area contributed by atoms with Gasteiger partial charge in [0.05, 0.1) is 6.61 Å². The van der Waals surface area contributed by atoms with E-state index in [-0.39, 0.29) is 11.5 Å². The largest absolute Gasteiger partial charge is 0.466 e. The minimum absolute atomic E-state index is 0.0718. The van der Waals surface area contributed by atoms with Gasteiger partial charge in [-0.05, 0) is 39.7 Å². The molecule has 1 aliphatic rings. The second-order valence-corrected chi connectivity index (χ2v) is 3.90. The van der Waals surface area contributed by atoms with Crippen LogP contribution < -0.4 is 5.32 Å². The number of hydrogen-bond acceptors (Lipinski definition) is 3. The highest BCUT2D eigenvalue weighted by molar-refractivity contribution is 5.69. The molecule has 1 fully saturated rings. The molecule has 0 bridgehead atoms. The van der Waals surface area contributed by atoms with Gasteiger partial charge < -0.3 is 10.1 Å². The Bertz CT molecular complexity index is 174. The van der Waals surface area contributed by atoms with Crippen molar-refractivity contribution >= 4 is 5.97 Å². The fraction of sp³-hybridized carbons (Fsp3) is 0.900. The molecule has 0 amide bonds. The molecule has 3 nitrogen and oxygen atoms in total. The molecular weight excluding hydrogens is 166 g/mol. The Morgan fingerprint density at radius 2 is 2.38 bits per heavy atom. The van der Waals surface area contributed by atoms with Crippen molar-refractivity contribution in [2.45, 2.75) is 45.1 Å². The van der Waals surface area contributed by atoms with Crippen molar-refractivity contribution in [3.63, 3.8) is 0 Å². The van der Waals surface area contributed by atoms with E-state index in [0.717, 1.165) is 13.0 Å². The first-order chi connectivity index (χ1) is 6.16. The molecule has 0 aromatic rings. The molecule has 1 atom stereocenters. The highest BCUT2D eigenvalue weighted by atomic mass is 16.5. The molecule has 1 N–H and O–H groups in total. The number of carbonyl (C=O) groups is 1. The molecule has 1 heterocycles. The Morgan fingerprint density at radius 3 is 2.92 bits per heavy atom. The van der Waals surface area contributed by atoms with E-state index in [9.17, 15) is 4.79 Å². The van der Waals surface area contributed by atoms with Crippen molar-refractivity contribution in [2.75, 3.05) is 13.2 Å². The Kier molecular flexibility index (Phi) is 3.72. The number of carbonyl (C=O) groups excluding carboxylic acids is 1. The van der Waals surface area contributed by atoms with Crippen LogP contribution in [0.2, 0.25) is 0 Å². The predicted octanol–water partition coefficient (Wildman–Crippen LogP) is 1.47. The number of rotatable bonds is 4. The minimum Gasteiger partial charge on any atom is -0.466 e. The standard InChI is InChI=1S/C10H19NO2/c1-3-13-9(12)5-7-10(2)6-4-8-11-10/h11H,3-8H2,1-2H3/t10-/m0/s1. The maximum Gasteiger partial charge on any atom is 0.305 e. The van der Waals surface area contributed by atoms with E-state index in [1.54, 1.807) is 0 Å². The minimum atomic E-state index is -0.0718. The Hall–Kier alpha value is -0.570. The zero-order chi connectivity index (χ0) is 9.73. The third-order valence-corrected chi connectivity index (χ3v) is 2.64. The number of ether oxygens (including phenoxy) is 1. The number of nitrogens with one attached hydrogen (secondary N) is 1. The van der Waals surface area contributed by atoms with Crippen LogP contribution in [-0.2, 0) is 9.53 Å². The molecule has 0 aliphatic carbocycles. The summed E-state index contributed by atoms with van der Waals surface area (Å²) >= 11 is 0. The van der Waals surface area contributed by atoms with E-state index in [4.69, 9.17) is 4.74 Å². The average molecular weight is 185 g/mol. The summed E-state index contributed by atoms with van der Waals surface area (Å²) in [7, 11) is 0. The topological polar surface area (TPSA) is 38.3 Å². The molecule has 0 radical (unpaired) electrons. The van der Waals surface area contributed by atoms with Crippen molar-refractivity contribution < 1.29 is 9.53 Å². The van der Waals surface area contributed by atoms with Crippen molar-refractivity contribution in [3.8, 4) is 0 Å². The summed E-state index contributed by atoms with van der Waals surface area (Å²) in [5, 5.41) is 3.42. The third kappa shape index (κ3) is 3.35. The van der Waals surface area contributed by atoms with E-state index in [1.807, 2.05) is 6.92 Å². The van der Waals surface area contributed by atoms with Crippen LogP contribution in [0.1, 0.15) is 39.5 Å². The van der Waals surface area contributed by atoms with Crippen molar-refractivity contribution in [1.82, 2.24) is 5.32 Å². The molecule has 0 saturated carbocycles. The zero-order valence-corrected chi connectivity index (χ0v) is 8.56. The van der Waals surface area contributed by atoms with Crippen LogP contribution in [0.4, 0.5) is 0 Å².